The molecule has 24 heavy (non-hydrogen) atoms. The minimum Gasteiger partial charge on any atom is -0.465 e. The van der Waals surface area contributed by atoms with Gasteiger partial charge in [-0.2, -0.15) is 0 Å². The molecule has 126 valence electrons. The summed E-state index contributed by atoms with van der Waals surface area (Å²) in [5, 5.41) is 0. The number of carbonyl (C=O) groups excluding carboxylic acids is 2. The number of likely N-dealkylation sites (N-methyl/N-ethyl adjacent to an activating group) is 1. The molecule has 1 unspecified atom stereocenters. The molecule has 0 radical (unpaired) electrons. The highest BCUT2D eigenvalue weighted by Crippen LogP contribution is 2.22. The van der Waals surface area contributed by atoms with Gasteiger partial charge >= 0.3 is 5.97 Å². The van der Waals surface area contributed by atoms with E-state index in [1.54, 1.807) is 17.0 Å². The zero-order valence-electron chi connectivity index (χ0n) is 14.4. The summed E-state index contributed by atoms with van der Waals surface area (Å²) in [6.45, 7) is 2.53. The third kappa shape index (κ3) is 4.22. The van der Waals surface area contributed by atoms with Gasteiger partial charge < -0.3 is 9.64 Å². The first-order valence-electron chi connectivity index (χ1n) is 8.04. The maximum atomic E-state index is 12.8. The van der Waals surface area contributed by atoms with Gasteiger partial charge in [0.05, 0.1) is 18.6 Å². The molecule has 2 aromatic carbocycles. The van der Waals surface area contributed by atoms with Gasteiger partial charge in [-0.3, -0.25) is 4.79 Å². The molecule has 0 aliphatic rings. The van der Waals surface area contributed by atoms with E-state index in [4.69, 9.17) is 0 Å². The van der Waals surface area contributed by atoms with Gasteiger partial charge in [-0.15, -0.1) is 0 Å². The predicted molar refractivity (Wildman–Crippen MR) is 93.7 cm³/mol. The van der Waals surface area contributed by atoms with Crippen LogP contribution in [-0.2, 0) is 16.1 Å². The van der Waals surface area contributed by atoms with Gasteiger partial charge in [0, 0.05) is 13.6 Å². The van der Waals surface area contributed by atoms with Crippen molar-refractivity contribution in [1.82, 2.24) is 4.90 Å². The van der Waals surface area contributed by atoms with Gasteiger partial charge in [0.15, 0.2) is 0 Å². The lowest BCUT2D eigenvalue weighted by atomic mass is 9.95. The number of hydrogen-bond acceptors (Lipinski definition) is 3. The minimum absolute atomic E-state index is 0.0979. The third-order valence-electron chi connectivity index (χ3n) is 4.08. The average molecular weight is 325 g/mol. The molecule has 4 nitrogen and oxygen atoms in total. The van der Waals surface area contributed by atoms with Crippen LogP contribution < -0.4 is 0 Å². The molecule has 0 bridgehead atoms. The molecule has 4 heteroatoms. The SMILES string of the molecule is CCC(C(=O)N(C)Cc1ccc(C(=O)OC)cc1)c1ccccc1. The normalized spacial score (nSPS) is 11.6. The number of ether oxygens (including phenoxy) is 1. The number of benzene rings is 2. The Kier molecular flexibility index (Phi) is 6.13. The summed E-state index contributed by atoms with van der Waals surface area (Å²) in [5.41, 5.74) is 2.52. The van der Waals surface area contributed by atoms with Crippen LogP contribution in [0.4, 0.5) is 0 Å². The van der Waals surface area contributed by atoms with Crippen molar-refractivity contribution in [2.45, 2.75) is 25.8 Å². The van der Waals surface area contributed by atoms with E-state index in [2.05, 4.69) is 4.74 Å². The summed E-state index contributed by atoms with van der Waals surface area (Å²) >= 11 is 0. The molecule has 0 aliphatic carbocycles. The van der Waals surface area contributed by atoms with E-state index >= 15 is 0 Å². The van der Waals surface area contributed by atoms with Crippen LogP contribution in [-0.4, -0.2) is 30.9 Å². The Morgan fingerprint density at radius 3 is 2.21 bits per heavy atom. The molecule has 0 aromatic heterocycles. The van der Waals surface area contributed by atoms with Crippen LogP contribution in [0, 0.1) is 0 Å². The van der Waals surface area contributed by atoms with Crippen molar-refractivity contribution in [3.8, 4) is 0 Å². The molecular weight excluding hydrogens is 302 g/mol. The maximum absolute atomic E-state index is 12.8. The summed E-state index contributed by atoms with van der Waals surface area (Å²) in [6, 6.07) is 17.0. The zero-order chi connectivity index (χ0) is 17.5. The first kappa shape index (κ1) is 17.7. The van der Waals surface area contributed by atoms with E-state index < -0.39 is 0 Å². The Bertz CT molecular complexity index is 680. The van der Waals surface area contributed by atoms with Crippen LogP contribution in [0.15, 0.2) is 54.6 Å². The van der Waals surface area contributed by atoms with Gasteiger partial charge in [0.1, 0.15) is 0 Å². The summed E-state index contributed by atoms with van der Waals surface area (Å²) in [4.78, 5) is 25.9. The Balaban J connectivity index is 2.06. The van der Waals surface area contributed by atoms with E-state index in [0.29, 0.717) is 12.1 Å². The fourth-order valence-corrected chi connectivity index (χ4v) is 2.72. The highest BCUT2D eigenvalue weighted by atomic mass is 16.5. The monoisotopic (exact) mass is 325 g/mol. The second kappa shape index (κ2) is 8.29. The molecule has 0 heterocycles. The molecule has 0 saturated heterocycles. The van der Waals surface area contributed by atoms with E-state index in [0.717, 1.165) is 17.5 Å². The third-order valence-corrected chi connectivity index (χ3v) is 4.08. The summed E-state index contributed by atoms with van der Waals surface area (Å²) in [6.07, 6.45) is 0.758. The number of nitrogens with zero attached hydrogens (tertiary/aromatic N) is 1. The second-order valence-electron chi connectivity index (χ2n) is 5.75. The van der Waals surface area contributed by atoms with Crippen molar-refractivity contribution in [2.24, 2.45) is 0 Å². The van der Waals surface area contributed by atoms with Crippen LogP contribution in [0.1, 0.15) is 40.7 Å². The number of methoxy groups -OCH3 is 1. The number of esters is 1. The van der Waals surface area contributed by atoms with Crippen LogP contribution in [0.3, 0.4) is 0 Å². The highest BCUT2D eigenvalue weighted by Gasteiger charge is 2.22. The standard InChI is InChI=1S/C20H23NO3/c1-4-18(16-8-6-5-7-9-16)19(22)21(2)14-15-10-12-17(13-11-15)20(23)24-3/h5-13,18H,4,14H2,1-3H3. The second-order valence-corrected chi connectivity index (χ2v) is 5.75. The van der Waals surface area contributed by atoms with Crippen LogP contribution in [0.2, 0.25) is 0 Å². The molecule has 0 fully saturated rings. The van der Waals surface area contributed by atoms with E-state index in [1.165, 1.54) is 7.11 Å². The Labute approximate surface area is 143 Å². The fourth-order valence-electron chi connectivity index (χ4n) is 2.72. The molecular formula is C20H23NO3. The zero-order valence-corrected chi connectivity index (χ0v) is 14.4. The fraction of sp³-hybridized carbons (Fsp3) is 0.300. The van der Waals surface area contributed by atoms with Gasteiger partial charge in [-0.05, 0) is 29.7 Å². The van der Waals surface area contributed by atoms with Crippen molar-refractivity contribution >= 4 is 11.9 Å². The van der Waals surface area contributed by atoms with Gasteiger partial charge in [-0.1, -0.05) is 49.4 Å². The molecule has 0 N–H and O–H groups in total. The molecule has 0 aliphatic heterocycles. The van der Waals surface area contributed by atoms with Gasteiger partial charge in [-0.25, -0.2) is 4.79 Å². The number of carbonyl (C=O) groups is 2. The average Bonchev–Trinajstić information content (AvgIpc) is 2.63. The van der Waals surface area contributed by atoms with Crippen molar-refractivity contribution in [2.75, 3.05) is 14.2 Å². The molecule has 2 rings (SSSR count). The highest BCUT2D eigenvalue weighted by molar-refractivity contribution is 5.89. The summed E-state index contributed by atoms with van der Waals surface area (Å²) in [5.74, 6) is -0.396. The lowest BCUT2D eigenvalue weighted by Crippen LogP contribution is -2.31. The Morgan fingerprint density at radius 1 is 1.04 bits per heavy atom. The maximum Gasteiger partial charge on any atom is 0.337 e. The first-order chi connectivity index (χ1) is 11.6. The summed E-state index contributed by atoms with van der Waals surface area (Å²) < 4.78 is 4.69. The molecule has 1 atom stereocenters. The van der Waals surface area contributed by atoms with Crippen molar-refractivity contribution in [1.29, 1.82) is 0 Å². The van der Waals surface area contributed by atoms with Crippen LogP contribution in [0.25, 0.3) is 0 Å². The van der Waals surface area contributed by atoms with Crippen molar-refractivity contribution < 1.29 is 14.3 Å². The number of rotatable bonds is 6. The first-order valence-corrected chi connectivity index (χ1v) is 8.04. The smallest absolute Gasteiger partial charge is 0.337 e. The Hall–Kier alpha value is -2.62. The lowest BCUT2D eigenvalue weighted by molar-refractivity contribution is -0.132. The van der Waals surface area contributed by atoms with Crippen molar-refractivity contribution in [3.63, 3.8) is 0 Å². The quantitative estimate of drug-likeness (QED) is 0.762. The molecule has 1 amide bonds. The van der Waals surface area contributed by atoms with Crippen molar-refractivity contribution in [3.05, 3.63) is 71.3 Å². The van der Waals surface area contributed by atoms with Crippen LogP contribution in [0.5, 0.6) is 0 Å². The largest absolute Gasteiger partial charge is 0.465 e. The van der Waals surface area contributed by atoms with Gasteiger partial charge in [0.2, 0.25) is 5.91 Å². The summed E-state index contributed by atoms with van der Waals surface area (Å²) in [7, 11) is 3.17. The number of hydrogen-bond donors (Lipinski definition) is 0. The van der Waals surface area contributed by atoms with E-state index in [1.807, 2.05) is 56.4 Å². The van der Waals surface area contributed by atoms with E-state index in [-0.39, 0.29) is 17.8 Å². The Morgan fingerprint density at radius 2 is 1.67 bits per heavy atom. The molecule has 0 spiro atoms. The minimum atomic E-state index is -0.360. The predicted octanol–water partition coefficient (Wildman–Crippen LogP) is 3.63. The van der Waals surface area contributed by atoms with Crippen LogP contribution >= 0.6 is 0 Å². The van der Waals surface area contributed by atoms with Gasteiger partial charge in [0.25, 0.3) is 0 Å². The number of amides is 1. The van der Waals surface area contributed by atoms with E-state index in [9.17, 15) is 9.59 Å². The molecule has 2 aromatic rings. The molecule has 0 saturated carbocycles. The lowest BCUT2D eigenvalue weighted by Gasteiger charge is -2.23. The topological polar surface area (TPSA) is 46.6 Å².